The van der Waals surface area contributed by atoms with Crippen molar-refractivity contribution in [2.24, 2.45) is 5.92 Å². The van der Waals surface area contributed by atoms with Crippen molar-refractivity contribution < 1.29 is 0 Å². The molecule has 0 spiro atoms. The number of aromatic amines is 1. The summed E-state index contributed by atoms with van der Waals surface area (Å²) < 4.78 is 0. The molecule has 0 amide bonds. The van der Waals surface area contributed by atoms with Crippen LogP contribution in [0.25, 0.3) is 0 Å². The molecule has 0 aliphatic carbocycles. The fourth-order valence-electron chi connectivity index (χ4n) is 1.54. The van der Waals surface area contributed by atoms with Gasteiger partial charge in [0, 0.05) is 37.4 Å². The Kier molecular flexibility index (Phi) is 6.11. The fourth-order valence-corrected chi connectivity index (χ4v) is 1.54. The number of hydrogen-bond donors (Lipinski definition) is 3. The van der Waals surface area contributed by atoms with E-state index in [2.05, 4.69) is 41.6 Å². The molecule has 0 saturated heterocycles. The van der Waals surface area contributed by atoms with Crippen molar-refractivity contribution in [2.45, 2.75) is 33.2 Å². The standard InChI is InChI=1S/C12H24N4/c1-10(2)8-13-9-11(3)14-6-4-12-5-7-15-16-12/h5,7,10-11,13-14H,4,6,8-9H2,1-3H3,(H,15,16). The molecule has 1 rings (SSSR count). The van der Waals surface area contributed by atoms with E-state index in [0.717, 1.165) is 32.0 Å². The molecule has 3 N–H and O–H groups in total. The molecule has 0 radical (unpaired) electrons. The van der Waals surface area contributed by atoms with Crippen molar-refractivity contribution in [1.29, 1.82) is 0 Å². The van der Waals surface area contributed by atoms with Gasteiger partial charge in [0.25, 0.3) is 0 Å². The zero-order valence-electron chi connectivity index (χ0n) is 10.6. The van der Waals surface area contributed by atoms with Crippen LogP contribution in [0.1, 0.15) is 26.5 Å². The third-order valence-corrected chi connectivity index (χ3v) is 2.45. The SMILES string of the molecule is CC(C)CNCC(C)NCCc1ccn[nH]1. The van der Waals surface area contributed by atoms with Gasteiger partial charge in [-0.25, -0.2) is 0 Å². The van der Waals surface area contributed by atoms with Crippen LogP contribution in [0, 0.1) is 5.92 Å². The normalized spacial score (nSPS) is 13.2. The fraction of sp³-hybridized carbons (Fsp3) is 0.750. The first kappa shape index (κ1) is 13.2. The van der Waals surface area contributed by atoms with Gasteiger partial charge in [0.2, 0.25) is 0 Å². The van der Waals surface area contributed by atoms with Gasteiger partial charge in [0.05, 0.1) is 0 Å². The van der Waals surface area contributed by atoms with Crippen molar-refractivity contribution in [3.05, 3.63) is 18.0 Å². The monoisotopic (exact) mass is 224 g/mol. The van der Waals surface area contributed by atoms with Gasteiger partial charge in [-0.2, -0.15) is 5.10 Å². The molecule has 0 aliphatic heterocycles. The minimum Gasteiger partial charge on any atom is -0.315 e. The molecule has 0 bridgehead atoms. The second kappa shape index (κ2) is 7.41. The van der Waals surface area contributed by atoms with Crippen LogP contribution in [0.3, 0.4) is 0 Å². The Bertz CT molecular complexity index is 256. The molecule has 0 saturated carbocycles. The van der Waals surface area contributed by atoms with Gasteiger partial charge in [-0.05, 0) is 25.5 Å². The molecule has 0 aliphatic rings. The van der Waals surface area contributed by atoms with Crippen molar-refractivity contribution in [3.63, 3.8) is 0 Å². The first-order chi connectivity index (χ1) is 7.68. The molecule has 16 heavy (non-hydrogen) atoms. The quantitative estimate of drug-likeness (QED) is 0.621. The number of nitrogens with zero attached hydrogens (tertiary/aromatic N) is 1. The summed E-state index contributed by atoms with van der Waals surface area (Å²) in [5, 5.41) is 13.8. The molecule has 4 heteroatoms. The highest BCUT2D eigenvalue weighted by Gasteiger charge is 2.01. The van der Waals surface area contributed by atoms with Gasteiger partial charge in [0.1, 0.15) is 0 Å². The zero-order chi connectivity index (χ0) is 11.8. The topological polar surface area (TPSA) is 52.7 Å². The lowest BCUT2D eigenvalue weighted by Gasteiger charge is -2.15. The third kappa shape index (κ3) is 5.88. The van der Waals surface area contributed by atoms with Gasteiger partial charge >= 0.3 is 0 Å². The van der Waals surface area contributed by atoms with E-state index in [1.165, 1.54) is 5.69 Å². The Morgan fingerprint density at radius 2 is 2.12 bits per heavy atom. The summed E-state index contributed by atoms with van der Waals surface area (Å²) in [4.78, 5) is 0. The van der Waals surface area contributed by atoms with Gasteiger partial charge in [-0.1, -0.05) is 13.8 Å². The van der Waals surface area contributed by atoms with E-state index >= 15 is 0 Å². The van der Waals surface area contributed by atoms with E-state index < -0.39 is 0 Å². The summed E-state index contributed by atoms with van der Waals surface area (Å²) in [6.45, 7) is 9.77. The molecule has 0 aromatic carbocycles. The van der Waals surface area contributed by atoms with Crippen LogP contribution < -0.4 is 10.6 Å². The summed E-state index contributed by atoms with van der Waals surface area (Å²) in [6, 6.07) is 2.53. The van der Waals surface area contributed by atoms with Gasteiger partial charge < -0.3 is 10.6 Å². The van der Waals surface area contributed by atoms with E-state index in [0.29, 0.717) is 6.04 Å². The predicted molar refractivity (Wildman–Crippen MR) is 67.5 cm³/mol. The molecule has 1 heterocycles. The number of hydrogen-bond acceptors (Lipinski definition) is 3. The molecule has 0 fully saturated rings. The van der Waals surface area contributed by atoms with Crippen molar-refractivity contribution >= 4 is 0 Å². The second-order valence-electron chi connectivity index (χ2n) is 4.74. The van der Waals surface area contributed by atoms with Crippen LogP contribution in [-0.2, 0) is 6.42 Å². The average Bonchev–Trinajstić information content (AvgIpc) is 2.70. The molecular weight excluding hydrogens is 200 g/mol. The van der Waals surface area contributed by atoms with E-state index in [-0.39, 0.29) is 0 Å². The maximum atomic E-state index is 3.92. The van der Waals surface area contributed by atoms with Crippen LogP contribution in [0.15, 0.2) is 12.3 Å². The first-order valence-electron chi connectivity index (χ1n) is 6.11. The van der Waals surface area contributed by atoms with Gasteiger partial charge in [-0.15, -0.1) is 0 Å². The minimum absolute atomic E-state index is 0.515. The number of rotatable bonds is 8. The van der Waals surface area contributed by atoms with Crippen molar-refractivity contribution in [3.8, 4) is 0 Å². The second-order valence-corrected chi connectivity index (χ2v) is 4.74. The van der Waals surface area contributed by atoms with Crippen molar-refractivity contribution in [1.82, 2.24) is 20.8 Å². The molecule has 4 nitrogen and oxygen atoms in total. The van der Waals surface area contributed by atoms with E-state index in [9.17, 15) is 0 Å². The molecule has 1 aromatic rings. The highest BCUT2D eigenvalue weighted by molar-refractivity contribution is 4.97. The summed E-state index contributed by atoms with van der Waals surface area (Å²) in [5.41, 5.74) is 1.19. The third-order valence-electron chi connectivity index (χ3n) is 2.45. The highest BCUT2D eigenvalue weighted by Crippen LogP contribution is 1.92. The Hall–Kier alpha value is -0.870. The van der Waals surface area contributed by atoms with Crippen LogP contribution in [0.4, 0.5) is 0 Å². The van der Waals surface area contributed by atoms with Gasteiger partial charge in [0.15, 0.2) is 0 Å². The molecule has 1 atom stereocenters. The Morgan fingerprint density at radius 3 is 2.75 bits per heavy atom. The van der Waals surface area contributed by atoms with Crippen molar-refractivity contribution in [2.75, 3.05) is 19.6 Å². The van der Waals surface area contributed by atoms with Gasteiger partial charge in [-0.3, -0.25) is 5.10 Å². The zero-order valence-corrected chi connectivity index (χ0v) is 10.6. The average molecular weight is 224 g/mol. The molecular formula is C12H24N4. The van der Waals surface area contributed by atoms with E-state index in [1.54, 1.807) is 6.20 Å². The maximum absolute atomic E-state index is 3.92. The maximum Gasteiger partial charge on any atom is 0.0490 e. The molecule has 1 aromatic heterocycles. The Balaban J connectivity index is 2.00. The molecule has 92 valence electrons. The highest BCUT2D eigenvalue weighted by atomic mass is 15.1. The summed E-state index contributed by atoms with van der Waals surface area (Å²) >= 11 is 0. The largest absolute Gasteiger partial charge is 0.315 e. The summed E-state index contributed by atoms with van der Waals surface area (Å²) in [6.07, 6.45) is 2.80. The number of nitrogens with one attached hydrogen (secondary N) is 3. The van der Waals surface area contributed by atoms with Crippen LogP contribution >= 0.6 is 0 Å². The summed E-state index contributed by atoms with van der Waals surface area (Å²) in [7, 11) is 0. The van der Waals surface area contributed by atoms with E-state index in [1.807, 2.05) is 6.07 Å². The summed E-state index contributed by atoms with van der Waals surface area (Å²) in [5.74, 6) is 0.720. The lowest BCUT2D eigenvalue weighted by Crippen LogP contribution is -2.38. The van der Waals surface area contributed by atoms with Crippen LogP contribution in [0.2, 0.25) is 0 Å². The Labute approximate surface area is 98.2 Å². The number of aromatic nitrogens is 2. The lowest BCUT2D eigenvalue weighted by molar-refractivity contribution is 0.474. The van der Waals surface area contributed by atoms with Crippen LogP contribution in [-0.4, -0.2) is 35.9 Å². The van der Waals surface area contributed by atoms with E-state index in [4.69, 9.17) is 0 Å². The molecule has 1 unspecified atom stereocenters. The van der Waals surface area contributed by atoms with Crippen LogP contribution in [0.5, 0.6) is 0 Å². The predicted octanol–water partition coefficient (Wildman–Crippen LogP) is 1.18. The number of H-pyrrole nitrogens is 1. The lowest BCUT2D eigenvalue weighted by atomic mass is 10.2. The Morgan fingerprint density at radius 1 is 1.31 bits per heavy atom. The minimum atomic E-state index is 0.515. The first-order valence-corrected chi connectivity index (χ1v) is 6.11. The smallest absolute Gasteiger partial charge is 0.0490 e.